The topological polar surface area (TPSA) is 40.5 Å². The summed E-state index contributed by atoms with van der Waals surface area (Å²) in [5.74, 6) is 0.381. The van der Waals surface area contributed by atoms with Gasteiger partial charge in [-0.3, -0.25) is 4.79 Å². The van der Waals surface area contributed by atoms with E-state index in [-0.39, 0.29) is 17.7 Å². The lowest BCUT2D eigenvalue weighted by Gasteiger charge is -2.47. The summed E-state index contributed by atoms with van der Waals surface area (Å²) in [4.78, 5) is 14.4. The third-order valence-electron chi connectivity index (χ3n) is 3.90. The van der Waals surface area contributed by atoms with Crippen molar-refractivity contribution in [3.63, 3.8) is 0 Å². The molecule has 20 heavy (non-hydrogen) atoms. The number of carbonyl (C=O) groups is 1. The van der Waals surface area contributed by atoms with Crippen molar-refractivity contribution in [2.45, 2.75) is 13.0 Å². The second-order valence-corrected chi connectivity index (χ2v) is 5.31. The molecule has 2 aromatic carbocycles. The van der Waals surface area contributed by atoms with Gasteiger partial charge in [-0.15, -0.1) is 0 Å². The first-order chi connectivity index (χ1) is 9.68. The van der Waals surface area contributed by atoms with Gasteiger partial charge in [-0.1, -0.05) is 49.4 Å². The molecule has 1 amide bonds. The van der Waals surface area contributed by atoms with E-state index in [4.69, 9.17) is 0 Å². The van der Waals surface area contributed by atoms with E-state index in [1.807, 2.05) is 35.2 Å². The summed E-state index contributed by atoms with van der Waals surface area (Å²) in [5, 5.41) is 9.82. The van der Waals surface area contributed by atoms with Crippen LogP contribution in [0.4, 0.5) is 0 Å². The van der Waals surface area contributed by atoms with Crippen LogP contribution in [-0.4, -0.2) is 22.5 Å². The molecule has 0 aromatic heterocycles. The van der Waals surface area contributed by atoms with Crippen LogP contribution in [0.1, 0.15) is 28.9 Å². The van der Waals surface area contributed by atoms with Crippen LogP contribution < -0.4 is 0 Å². The number of benzene rings is 2. The fraction of sp³-hybridized carbons (Fsp3) is 0.235. The van der Waals surface area contributed by atoms with Crippen LogP contribution in [0.3, 0.4) is 0 Å². The van der Waals surface area contributed by atoms with Crippen molar-refractivity contribution in [2.24, 2.45) is 5.92 Å². The smallest absolute Gasteiger partial charge is 0.258 e. The fourth-order valence-electron chi connectivity index (χ4n) is 2.87. The summed E-state index contributed by atoms with van der Waals surface area (Å²) < 4.78 is 0. The van der Waals surface area contributed by atoms with Crippen LogP contribution in [0.2, 0.25) is 0 Å². The zero-order valence-electron chi connectivity index (χ0n) is 11.4. The lowest BCUT2D eigenvalue weighted by molar-refractivity contribution is 0.0195. The van der Waals surface area contributed by atoms with Crippen LogP contribution in [0.25, 0.3) is 0 Å². The highest BCUT2D eigenvalue weighted by Crippen LogP contribution is 2.40. The van der Waals surface area contributed by atoms with Crippen LogP contribution in [-0.2, 0) is 0 Å². The molecule has 2 atom stereocenters. The molecule has 1 N–H and O–H groups in total. The van der Waals surface area contributed by atoms with Crippen LogP contribution in [0, 0.1) is 5.92 Å². The minimum Gasteiger partial charge on any atom is -0.507 e. The number of phenols is 1. The molecule has 3 heteroatoms. The number of hydrogen-bond acceptors (Lipinski definition) is 2. The van der Waals surface area contributed by atoms with Crippen molar-refractivity contribution >= 4 is 5.91 Å². The van der Waals surface area contributed by atoms with E-state index in [0.717, 1.165) is 12.1 Å². The lowest BCUT2D eigenvalue weighted by Crippen LogP contribution is -2.51. The van der Waals surface area contributed by atoms with Gasteiger partial charge in [0, 0.05) is 6.54 Å². The maximum absolute atomic E-state index is 12.5. The van der Waals surface area contributed by atoms with Crippen LogP contribution in [0.15, 0.2) is 54.6 Å². The summed E-state index contributed by atoms with van der Waals surface area (Å²) in [6, 6.07) is 16.9. The third-order valence-corrected chi connectivity index (χ3v) is 3.90. The molecule has 0 aliphatic carbocycles. The van der Waals surface area contributed by atoms with E-state index in [1.54, 1.807) is 24.3 Å². The monoisotopic (exact) mass is 267 g/mol. The van der Waals surface area contributed by atoms with Crippen molar-refractivity contribution < 1.29 is 9.90 Å². The lowest BCUT2D eigenvalue weighted by atomic mass is 9.84. The molecule has 1 fully saturated rings. The molecule has 0 saturated carbocycles. The van der Waals surface area contributed by atoms with Gasteiger partial charge in [0.25, 0.3) is 5.91 Å². The number of carbonyl (C=O) groups excluding carboxylic acids is 1. The van der Waals surface area contributed by atoms with Crippen molar-refractivity contribution in [2.75, 3.05) is 6.54 Å². The van der Waals surface area contributed by atoms with Gasteiger partial charge < -0.3 is 10.0 Å². The molecule has 0 radical (unpaired) electrons. The average molecular weight is 267 g/mol. The average Bonchev–Trinajstić information content (AvgIpc) is 2.45. The zero-order chi connectivity index (χ0) is 14.1. The number of amides is 1. The molecule has 102 valence electrons. The summed E-state index contributed by atoms with van der Waals surface area (Å²) in [7, 11) is 0. The van der Waals surface area contributed by atoms with E-state index in [9.17, 15) is 9.90 Å². The van der Waals surface area contributed by atoms with Gasteiger partial charge in [0.05, 0.1) is 11.6 Å². The van der Waals surface area contributed by atoms with Gasteiger partial charge in [0.1, 0.15) is 5.75 Å². The number of aromatic hydroxyl groups is 1. The SMILES string of the molecule is C[C@H]1CN(C(=O)c2ccccc2O)[C@H]1c1ccccc1. The Kier molecular flexibility index (Phi) is 3.18. The molecule has 3 nitrogen and oxygen atoms in total. The van der Waals surface area contributed by atoms with Gasteiger partial charge in [-0.05, 0) is 23.6 Å². The summed E-state index contributed by atoms with van der Waals surface area (Å²) in [6.07, 6.45) is 0. The number of phenolic OH excluding ortho intramolecular Hbond substituents is 1. The van der Waals surface area contributed by atoms with Gasteiger partial charge in [0.2, 0.25) is 0 Å². The Morgan fingerprint density at radius 2 is 1.75 bits per heavy atom. The van der Waals surface area contributed by atoms with E-state index >= 15 is 0 Å². The molecule has 1 aliphatic heterocycles. The highest BCUT2D eigenvalue weighted by Gasteiger charge is 2.40. The normalized spacial score (nSPS) is 21.4. The molecule has 1 saturated heterocycles. The highest BCUT2D eigenvalue weighted by atomic mass is 16.3. The number of nitrogens with zero attached hydrogens (tertiary/aromatic N) is 1. The third kappa shape index (κ3) is 2.05. The number of likely N-dealkylation sites (tertiary alicyclic amines) is 1. The molecular weight excluding hydrogens is 250 g/mol. The predicted molar refractivity (Wildman–Crippen MR) is 77.5 cm³/mol. The maximum atomic E-state index is 12.5. The van der Waals surface area contributed by atoms with Crippen LogP contribution >= 0.6 is 0 Å². The second kappa shape index (κ2) is 5.00. The molecule has 0 bridgehead atoms. The quantitative estimate of drug-likeness (QED) is 0.907. The zero-order valence-corrected chi connectivity index (χ0v) is 11.4. The van der Waals surface area contributed by atoms with Crippen LogP contribution in [0.5, 0.6) is 5.75 Å². The Morgan fingerprint density at radius 3 is 2.40 bits per heavy atom. The van der Waals surface area contributed by atoms with Gasteiger partial charge in [-0.2, -0.15) is 0 Å². The molecule has 1 aliphatic rings. The van der Waals surface area contributed by atoms with E-state index in [2.05, 4.69) is 6.92 Å². The van der Waals surface area contributed by atoms with Crippen molar-refractivity contribution in [1.82, 2.24) is 4.90 Å². The van der Waals surface area contributed by atoms with Gasteiger partial charge in [0.15, 0.2) is 0 Å². The molecular formula is C17H17NO2. The van der Waals surface area contributed by atoms with Crippen molar-refractivity contribution in [3.8, 4) is 5.75 Å². The standard InChI is InChI=1S/C17H17NO2/c1-12-11-18(16(12)13-7-3-2-4-8-13)17(20)14-9-5-6-10-15(14)19/h2-10,12,16,19H,11H2,1H3/t12-,16+/m0/s1. The minimum atomic E-state index is -0.102. The Hall–Kier alpha value is -2.29. The first-order valence-electron chi connectivity index (χ1n) is 6.82. The van der Waals surface area contributed by atoms with E-state index in [1.165, 1.54) is 0 Å². The highest BCUT2D eigenvalue weighted by molar-refractivity contribution is 5.97. The minimum absolute atomic E-state index is 0.0452. The summed E-state index contributed by atoms with van der Waals surface area (Å²) in [6.45, 7) is 2.87. The Bertz CT molecular complexity index is 624. The molecule has 1 heterocycles. The molecule has 0 spiro atoms. The molecule has 0 unspecified atom stereocenters. The fourth-order valence-corrected chi connectivity index (χ4v) is 2.87. The molecule has 2 aromatic rings. The Balaban J connectivity index is 1.88. The second-order valence-electron chi connectivity index (χ2n) is 5.31. The Morgan fingerprint density at radius 1 is 1.10 bits per heavy atom. The number of rotatable bonds is 2. The van der Waals surface area contributed by atoms with Crippen molar-refractivity contribution in [3.05, 3.63) is 65.7 Å². The summed E-state index contributed by atoms with van der Waals surface area (Å²) >= 11 is 0. The largest absolute Gasteiger partial charge is 0.507 e. The molecule has 3 rings (SSSR count). The first-order valence-corrected chi connectivity index (χ1v) is 6.82. The predicted octanol–water partition coefficient (Wildman–Crippen LogP) is 3.23. The van der Waals surface area contributed by atoms with Gasteiger partial charge in [-0.25, -0.2) is 0 Å². The number of para-hydroxylation sites is 1. The summed E-state index contributed by atoms with van der Waals surface area (Å²) in [5.41, 5.74) is 1.52. The van der Waals surface area contributed by atoms with Gasteiger partial charge >= 0.3 is 0 Å². The Labute approximate surface area is 118 Å². The van der Waals surface area contributed by atoms with Crippen molar-refractivity contribution in [1.29, 1.82) is 0 Å². The maximum Gasteiger partial charge on any atom is 0.258 e. The first kappa shape index (κ1) is 12.7. The van der Waals surface area contributed by atoms with E-state index in [0.29, 0.717) is 11.5 Å². The number of hydrogen-bond donors (Lipinski definition) is 1. The van der Waals surface area contributed by atoms with E-state index < -0.39 is 0 Å².